The second kappa shape index (κ2) is 7.64. The van der Waals surface area contributed by atoms with Crippen molar-refractivity contribution in [3.05, 3.63) is 11.6 Å². The molecule has 2 fully saturated rings. The summed E-state index contributed by atoms with van der Waals surface area (Å²) in [6.45, 7) is 9.33. The highest BCUT2D eigenvalue weighted by Gasteiger charge is 2.60. The van der Waals surface area contributed by atoms with Gasteiger partial charge in [-0.15, -0.1) is 0 Å². The SMILES string of the molecule is COC1CC[C@]2(CO2)C([C@H](C)[C@H](C)[C@H](O)CC=C(C)C)C1OC. The minimum Gasteiger partial charge on any atom is -0.393 e. The van der Waals surface area contributed by atoms with Gasteiger partial charge in [0.25, 0.3) is 0 Å². The first kappa shape index (κ1) is 18.9. The third-order valence-corrected chi connectivity index (χ3v) is 6.04. The van der Waals surface area contributed by atoms with Crippen LogP contribution in [-0.4, -0.2) is 49.8 Å². The molecular weight excluding hydrogens is 292 g/mol. The molecule has 1 saturated carbocycles. The summed E-state index contributed by atoms with van der Waals surface area (Å²) in [6.07, 6.45) is 4.64. The summed E-state index contributed by atoms with van der Waals surface area (Å²) < 4.78 is 17.4. The minimum atomic E-state index is -0.337. The number of hydrogen-bond donors (Lipinski definition) is 1. The van der Waals surface area contributed by atoms with E-state index in [1.165, 1.54) is 5.57 Å². The van der Waals surface area contributed by atoms with Gasteiger partial charge in [0, 0.05) is 20.1 Å². The highest BCUT2D eigenvalue weighted by atomic mass is 16.6. The standard InChI is InChI=1S/C19H34O4/c1-12(2)7-8-15(20)13(3)14(4)17-18(22-6)16(21-5)9-10-19(17)11-23-19/h7,13-18,20H,8-11H2,1-6H3/t13-,14+,15+,16?,17?,18?,19-/m0/s1. The second-order valence-electron chi connectivity index (χ2n) is 7.70. The zero-order valence-corrected chi connectivity index (χ0v) is 15.5. The van der Waals surface area contributed by atoms with Gasteiger partial charge >= 0.3 is 0 Å². The van der Waals surface area contributed by atoms with Crippen LogP contribution in [0.3, 0.4) is 0 Å². The molecule has 23 heavy (non-hydrogen) atoms. The lowest BCUT2D eigenvalue weighted by Crippen LogP contribution is -2.53. The second-order valence-corrected chi connectivity index (χ2v) is 7.70. The predicted octanol–water partition coefficient (Wildman–Crippen LogP) is 3.18. The molecule has 1 saturated heterocycles. The molecule has 1 N–H and O–H groups in total. The molecule has 0 aromatic carbocycles. The van der Waals surface area contributed by atoms with Crippen molar-refractivity contribution < 1.29 is 19.3 Å². The van der Waals surface area contributed by atoms with E-state index in [9.17, 15) is 5.11 Å². The number of hydrogen-bond acceptors (Lipinski definition) is 4. The number of epoxide rings is 1. The Hall–Kier alpha value is -0.420. The van der Waals surface area contributed by atoms with Crippen molar-refractivity contribution in [3.8, 4) is 0 Å². The van der Waals surface area contributed by atoms with E-state index in [0.29, 0.717) is 12.3 Å². The van der Waals surface area contributed by atoms with E-state index in [2.05, 4.69) is 33.8 Å². The van der Waals surface area contributed by atoms with Gasteiger partial charge in [0.05, 0.1) is 30.5 Å². The van der Waals surface area contributed by atoms with Crippen molar-refractivity contribution in [2.45, 2.75) is 70.9 Å². The van der Waals surface area contributed by atoms with Gasteiger partial charge < -0.3 is 19.3 Å². The summed E-state index contributed by atoms with van der Waals surface area (Å²) in [6, 6.07) is 0. The largest absolute Gasteiger partial charge is 0.393 e. The maximum Gasteiger partial charge on any atom is 0.0973 e. The van der Waals surface area contributed by atoms with Gasteiger partial charge in [-0.1, -0.05) is 25.5 Å². The van der Waals surface area contributed by atoms with Gasteiger partial charge in [-0.25, -0.2) is 0 Å². The fourth-order valence-electron chi connectivity index (χ4n) is 4.25. The highest BCUT2D eigenvalue weighted by molar-refractivity contribution is 5.09. The average molecular weight is 326 g/mol. The summed E-state index contributed by atoms with van der Waals surface area (Å²) >= 11 is 0. The molecule has 1 heterocycles. The lowest BCUT2D eigenvalue weighted by molar-refractivity contribution is -0.134. The molecule has 0 radical (unpaired) electrons. The van der Waals surface area contributed by atoms with Gasteiger partial charge in [-0.3, -0.25) is 0 Å². The zero-order valence-electron chi connectivity index (χ0n) is 15.5. The van der Waals surface area contributed by atoms with Crippen LogP contribution in [0, 0.1) is 17.8 Å². The van der Waals surface area contributed by atoms with Gasteiger partial charge in [-0.05, 0) is 44.9 Å². The Labute approximate surface area is 141 Å². The van der Waals surface area contributed by atoms with E-state index >= 15 is 0 Å². The van der Waals surface area contributed by atoms with Gasteiger partial charge in [0.15, 0.2) is 0 Å². The van der Waals surface area contributed by atoms with Crippen LogP contribution in [0.15, 0.2) is 11.6 Å². The van der Waals surface area contributed by atoms with Crippen LogP contribution in [0.25, 0.3) is 0 Å². The van der Waals surface area contributed by atoms with E-state index in [-0.39, 0.29) is 35.7 Å². The fourth-order valence-corrected chi connectivity index (χ4v) is 4.25. The summed E-state index contributed by atoms with van der Waals surface area (Å²) in [4.78, 5) is 0. The molecule has 4 nitrogen and oxygen atoms in total. The lowest BCUT2D eigenvalue weighted by atomic mass is 9.65. The molecule has 1 spiro atoms. The summed E-state index contributed by atoms with van der Waals surface area (Å²) in [5.41, 5.74) is 1.19. The monoisotopic (exact) mass is 326 g/mol. The molecule has 2 aliphatic rings. The normalized spacial score (nSPS) is 37.3. The molecule has 2 rings (SSSR count). The van der Waals surface area contributed by atoms with Crippen molar-refractivity contribution in [2.75, 3.05) is 20.8 Å². The Kier molecular flexibility index (Phi) is 6.28. The molecule has 7 atom stereocenters. The molecule has 1 aliphatic heterocycles. The molecule has 3 unspecified atom stereocenters. The highest BCUT2D eigenvalue weighted by Crippen LogP contribution is 2.52. The maximum atomic E-state index is 10.6. The quantitative estimate of drug-likeness (QED) is 0.577. The van der Waals surface area contributed by atoms with Gasteiger partial charge in [0.2, 0.25) is 0 Å². The van der Waals surface area contributed by atoms with E-state index in [0.717, 1.165) is 19.4 Å². The molecular formula is C19H34O4. The molecule has 4 heteroatoms. The predicted molar refractivity (Wildman–Crippen MR) is 91.4 cm³/mol. The van der Waals surface area contributed by atoms with Crippen LogP contribution < -0.4 is 0 Å². The number of allylic oxidation sites excluding steroid dienone is 1. The Morgan fingerprint density at radius 1 is 1.30 bits per heavy atom. The first-order valence-electron chi connectivity index (χ1n) is 8.87. The van der Waals surface area contributed by atoms with Crippen molar-refractivity contribution in [2.24, 2.45) is 17.8 Å². The third kappa shape index (κ3) is 3.98. The molecule has 0 aromatic rings. The fraction of sp³-hybridized carbons (Fsp3) is 0.895. The van der Waals surface area contributed by atoms with Crippen molar-refractivity contribution in [3.63, 3.8) is 0 Å². The number of aliphatic hydroxyl groups is 1. The summed E-state index contributed by atoms with van der Waals surface area (Å²) in [5.74, 6) is 0.758. The molecule has 1 aliphatic carbocycles. The van der Waals surface area contributed by atoms with Crippen LogP contribution in [0.1, 0.15) is 47.0 Å². The van der Waals surface area contributed by atoms with Crippen LogP contribution in [0.4, 0.5) is 0 Å². The Balaban J connectivity index is 2.13. The van der Waals surface area contributed by atoms with E-state index in [1.807, 2.05) is 0 Å². The number of methoxy groups -OCH3 is 2. The molecule has 134 valence electrons. The van der Waals surface area contributed by atoms with E-state index < -0.39 is 0 Å². The van der Waals surface area contributed by atoms with Crippen molar-refractivity contribution in [1.82, 2.24) is 0 Å². The van der Waals surface area contributed by atoms with Crippen molar-refractivity contribution in [1.29, 1.82) is 0 Å². The smallest absolute Gasteiger partial charge is 0.0973 e. The van der Waals surface area contributed by atoms with Gasteiger partial charge in [0.1, 0.15) is 0 Å². The third-order valence-electron chi connectivity index (χ3n) is 6.04. The number of rotatable bonds is 7. The van der Waals surface area contributed by atoms with Crippen LogP contribution in [0.2, 0.25) is 0 Å². The van der Waals surface area contributed by atoms with Crippen molar-refractivity contribution >= 4 is 0 Å². The first-order valence-corrected chi connectivity index (χ1v) is 8.87. The lowest BCUT2D eigenvalue weighted by Gasteiger charge is -2.45. The molecule has 0 amide bonds. The van der Waals surface area contributed by atoms with Crippen LogP contribution in [-0.2, 0) is 14.2 Å². The van der Waals surface area contributed by atoms with E-state index in [4.69, 9.17) is 14.2 Å². The molecule has 0 aromatic heterocycles. The summed E-state index contributed by atoms with van der Waals surface area (Å²) in [5, 5.41) is 10.6. The molecule has 0 bridgehead atoms. The van der Waals surface area contributed by atoms with Crippen LogP contribution >= 0.6 is 0 Å². The summed E-state index contributed by atoms with van der Waals surface area (Å²) in [7, 11) is 3.53. The Morgan fingerprint density at radius 3 is 2.43 bits per heavy atom. The first-order chi connectivity index (χ1) is 10.9. The Morgan fingerprint density at radius 2 is 1.96 bits per heavy atom. The zero-order chi connectivity index (χ0) is 17.2. The van der Waals surface area contributed by atoms with Gasteiger partial charge in [-0.2, -0.15) is 0 Å². The maximum absolute atomic E-state index is 10.6. The topological polar surface area (TPSA) is 51.2 Å². The number of ether oxygens (including phenoxy) is 3. The Bertz CT molecular complexity index is 412. The average Bonchev–Trinajstić information content (AvgIpc) is 3.30. The minimum absolute atomic E-state index is 0.0318. The van der Waals surface area contributed by atoms with E-state index in [1.54, 1.807) is 14.2 Å². The number of aliphatic hydroxyl groups excluding tert-OH is 1. The van der Waals surface area contributed by atoms with Crippen LogP contribution in [0.5, 0.6) is 0 Å².